The fraction of sp³-hybridized carbons (Fsp3) is 0.0588. The van der Waals surface area contributed by atoms with E-state index in [9.17, 15) is 13.6 Å². The lowest BCUT2D eigenvalue weighted by Crippen LogP contribution is -2.10. The third-order valence-electron chi connectivity index (χ3n) is 2.98. The zero-order chi connectivity index (χ0) is 18.4. The van der Waals surface area contributed by atoms with Crippen LogP contribution in [0.4, 0.5) is 8.78 Å². The van der Waals surface area contributed by atoms with E-state index < -0.39 is 17.5 Å². The van der Waals surface area contributed by atoms with Crippen molar-refractivity contribution in [2.75, 3.05) is 7.11 Å². The summed E-state index contributed by atoms with van der Waals surface area (Å²) >= 11 is 1.09. The number of carbonyl (C=O) groups excluding carboxylic acids is 1. The van der Waals surface area contributed by atoms with E-state index in [1.165, 1.54) is 36.4 Å². The Labute approximate surface area is 146 Å². The molecule has 3 aromatic rings. The topological polar surface area (TPSA) is 85.4 Å². The van der Waals surface area contributed by atoms with Gasteiger partial charge < -0.3 is 15.6 Å². The molecule has 0 saturated heterocycles. The molecule has 0 unspecified atom stereocenters. The Bertz CT molecular complexity index is 867. The molecule has 0 bridgehead atoms. The number of aliphatic hydroxyl groups is 1. The van der Waals surface area contributed by atoms with Crippen LogP contribution in [-0.2, 0) is 0 Å². The van der Waals surface area contributed by atoms with Gasteiger partial charge in [-0.15, -0.1) is 11.3 Å². The predicted octanol–water partition coefficient (Wildman–Crippen LogP) is 3.59. The lowest BCUT2D eigenvalue weighted by Gasteiger charge is -2.07. The lowest BCUT2D eigenvalue weighted by molar-refractivity contribution is 0.1000. The summed E-state index contributed by atoms with van der Waals surface area (Å²) in [6, 6.07) is 9.56. The predicted molar refractivity (Wildman–Crippen MR) is 90.6 cm³/mol. The maximum absolute atomic E-state index is 14.2. The fourth-order valence-corrected chi connectivity index (χ4v) is 2.57. The summed E-state index contributed by atoms with van der Waals surface area (Å²) in [5, 5.41) is 8.78. The van der Waals surface area contributed by atoms with Gasteiger partial charge in [-0.1, -0.05) is 0 Å². The van der Waals surface area contributed by atoms with E-state index in [2.05, 4.69) is 4.98 Å². The quantitative estimate of drug-likeness (QED) is 0.741. The second-order valence-electron chi connectivity index (χ2n) is 4.60. The van der Waals surface area contributed by atoms with E-state index in [-0.39, 0.29) is 10.8 Å². The van der Waals surface area contributed by atoms with Crippen LogP contribution in [0.15, 0.2) is 47.8 Å². The van der Waals surface area contributed by atoms with Crippen molar-refractivity contribution in [1.29, 1.82) is 0 Å². The third-order valence-corrected chi connectivity index (χ3v) is 3.84. The molecule has 25 heavy (non-hydrogen) atoms. The zero-order valence-corrected chi connectivity index (χ0v) is 13.9. The molecule has 0 saturated carbocycles. The Morgan fingerprint density at radius 1 is 1.16 bits per heavy atom. The van der Waals surface area contributed by atoms with Crippen LogP contribution in [0.2, 0.25) is 0 Å². The number of benzene rings is 2. The average Bonchev–Trinajstić information content (AvgIpc) is 3.11. The van der Waals surface area contributed by atoms with Gasteiger partial charge in [-0.2, -0.15) is 0 Å². The molecule has 0 atom stereocenters. The molecule has 0 aliphatic carbocycles. The SMILES string of the molecule is CO.NC(=O)c1nc(-c2ccc(Oc3ccc(F)cc3)c(F)c2)cs1. The van der Waals surface area contributed by atoms with Gasteiger partial charge in [0.2, 0.25) is 0 Å². The minimum atomic E-state index is -0.627. The van der Waals surface area contributed by atoms with Crippen LogP contribution < -0.4 is 10.5 Å². The van der Waals surface area contributed by atoms with Gasteiger partial charge in [0, 0.05) is 18.1 Å². The van der Waals surface area contributed by atoms with Gasteiger partial charge in [-0.3, -0.25) is 4.79 Å². The molecule has 0 aliphatic heterocycles. The van der Waals surface area contributed by atoms with Gasteiger partial charge in [0.1, 0.15) is 11.6 Å². The first kappa shape index (κ1) is 18.5. The minimum absolute atomic E-state index is 0.00529. The van der Waals surface area contributed by atoms with Crippen molar-refractivity contribution in [1.82, 2.24) is 4.98 Å². The van der Waals surface area contributed by atoms with Gasteiger partial charge in [0.25, 0.3) is 5.91 Å². The molecular formula is C17H14F2N2O3S. The number of rotatable bonds is 4. The molecule has 1 heterocycles. The second-order valence-corrected chi connectivity index (χ2v) is 5.46. The van der Waals surface area contributed by atoms with Crippen LogP contribution in [0.5, 0.6) is 11.5 Å². The number of ether oxygens (including phenoxy) is 1. The highest BCUT2D eigenvalue weighted by Gasteiger charge is 2.12. The number of primary amides is 1. The molecule has 5 nitrogen and oxygen atoms in total. The number of hydrogen-bond donors (Lipinski definition) is 2. The molecule has 0 spiro atoms. The summed E-state index contributed by atoms with van der Waals surface area (Å²) in [4.78, 5) is 15.1. The highest BCUT2D eigenvalue weighted by molar-refractivity contribution is 7.12. The van der Waals surface area contributed by atoms with Crippen molar-refractivity contribution in [2.45, 2.75) is 0 Å². The molecule has 0 radical (unpaired) electrons. The van der Waals surface area contributed by atoms with E-state index in [0.29, 0.717) is 17.0 Å². The molecule has 8 heteroatoms. The largest absolute Gasteiger partial charge is 0.454 e. The lowest BCUT2D eigenvalue weighted by atomic mass is 10.1. The number of nitrogens with two attached hydrogens (primary N) is 1. The van der Waals surface area contributed by atoms with Gasteiger partial charge in [-0.05, 0) is 42.5 Å². The molecule has 1 amide bonds. The van der Waals surface area contributed by atoms with Crippen molar-refractivity contribution in [3.05, 3.63) is 64.5 Å². The Balaban J connectivity index is 0.00000109. The molecular weight excluding hydrogens is 350 g/mol. The van der Waals surface area contributed by atoms with Crippen molar-refractivity contribution < 1.29 is 23.4 Å². The van der Waals surface area contributed by atoms with Gasteiger partial charge >= 0.3 is 0 Å². The van der Waals surface area contributed by atoms with Crippen molar-refractivity contribution in [2.24, 2.45) is 5.73 Å². The smallest absolute Gasteiger partial charge is 0.277 e. The maximum atomic E-state index is 14.2. The number of thiazole rings is 1. The molecule has 1 aromatic heterocycles. The number of hydrogen-bond acceptors (Lipinski definition) is 5. The minimum Gasteiger partial charge on any atom is -0.454 e. The molecule has 0 aliphatic rings. The van der Waals surface area contributed by atoms with Gasteiger partial charge in [0.15, 0.2) is 16.6 Å². The van der Waals surface area contributed by atoms with E-state index in [4.69, 9.17) is 15.6 Å². The summed E-state index contributed by atoms with van der Waals surface area (Å²) in [5.41, 5.74) is 6.10. The van der Waals surface area contributed by atoms with Crippen LogP contribution in [0.25, 0.3) is 11.3 Å². The first-order chi connectivity index (χ1) is 12.0. The number of aromatic nitrogens is 1. The van der Waals surface area contributed by atoms with Crippen LogP contribution in [0, 0.1) is 11.6 Å². The Hall–Kier alpha value is -2.84. The Kier molecular flexibility index (Phi) is 6.15. The highest BCUT2D eigenvalue weighted by atomic mass is 32.1. The third kappa shape index (κ3) is 4.59. The zero-order valence-electron chi connectivity index (χ0n) is 13.1. The number of halogens is 2. The van der Waals surface area contributed by atoms with Crippen molar-refractivity contribution >= 4 is 17.2 Å². The standard InChI is InChI=1S/C16H10F2N2O2S.CH4O/c17-10-2-4-11(5-3-10)22-14-6-1-9(7-12(14)18)13-8-23-16(20-13)15(19)21;1-2/h1-8H,(H2,19,21);2H,1H3. The first-order valence-corrected chi connectivity index (χ1v) is 7.84. The molecule has 0 fully saturated rings. The van der Waals surface area contributed by atoms with Crippen LogP contribution >= 0.6 is 11.3 Å². The first-order valence-electron chi connectivity index (χ1n) is 6.96. The van der Waals surface area contributed by atoms with Crippen LogP contribution in [0.1, 0.15) is 9.80 Å². The van der Waals surface area contributed by atoms with Crippen LogP contribution in [0.3, 0.4) is 0 Å². The number of aliphatic hydroxyl groups excluding tert-OH is 1. The monoisotopic (exact) mass is 364 g/mol. The van der Waals surface area contributed by atoms with Crippen molar-refractivity contribution in [3.63, 3.8) is 0 Å². The average molecular weight is 364 g/mol. The molecule has 3 rings (SSSR count). The van der Waals surface area contributed by atoms with E-state index in [1.54, 1.807) is 11.4 Å². The van der Waals surface area contributed by atoms with E-state index in [0.717, 1.165) is 18.4 Å². The second kappa shape index (κ2) is 8.32. The molecule has 3 N–H and O–H groups in total. The number of amides is 1. The number of carbonyl (C=O) groups is 1. The number of nitrogens with zero attached hydrogens (tertiary/aromatic N) is 1. The molecule has 130 valence electrons. The Morgan fingerprint density at radius 3 is 2.40 bits per heavy atom. The molecule has 2 aromatic carbocycles. The van der Waals surface area contributed by atoms with Gasteiger partial charge in [0.05, 0.1) is 5.69 Å². The van der Waals surface area contributed by atoms with Gasteiger partial charge in [-0.25, -0.2) is 13.8 Å². The highest BCUT2D eigenvalue weighted by Crippen LogP contribution is 2.29. The summed E-state index contributed by atoms with van der Waals surface area (Å²) in [6.45, 7) is 0. The van der Waals surface area contributed by atoms with Crippen LogP contribution in [-0.4, -0.2) is 23.1 Å². The normalized spacial score (nSPS) is 9.92. The summed E-state index contributed by atoms with van der Waals surface area (Å²) in [5.74, 6) is -1.30. The Morgan fingerprint density at radius 2 is 1.84 bits per heavy atom. The van der Waals surface area contributed by atoms with E-state index in [1.807, 2.05) is 0 Å². The van der Waals surface area contributed by atoms with E-state index >= 15 is 0 Å². The fourth-order valence-electron chi connectivity index (χ4n) is 1.89. The van der Waals surface area contributed by atoms with Crippen molar-refractivity contribution in [3.8, 4) is 22.8 Å². The maximum Gasteiger partial charge on any atom is 0.277 e. The summed E-state index contributed by atoms with van der Waals surface area (Å²) in [7, 11) is 1.00. The summed E-state index contributed by atoms with van der Waals surface area (Å²) < 4.78 is 32.4. The summed E-state index contributed by atoms with van der Waals surface area (Å²) in [6.07, 6.45) is 0.